The zero-order valence-corrected chi connectivity index (χ0v) is 18.4. The number of benzene rings is 3. The van der Waals surface area contributed by atoms with Crippen molar-refractivity contribution >= 4 is 7.25 Å². The van der Waals surface area contributed by atoms with E-state index in [4.69, 9.17) is 4.42 Å². The van der Waals surface area contributed by atoms with Gasteiger partial charge in [-0.05, 0) is 61.1 Å². The maximum Gasteiger partial charge on any atom is 0.673 e. The molecule has 6 heteroatoms. The normalized spacial score (nSPS) is 12.3. The third kappa shape index (κ3) is 5.16. The molecular weight excluding hydrogens is 427 g/mol. The van der Waals surface area contributed by atoms with E-state index >= 15 is 0 Å². The van der Waals surface area contributed by atoms with Crippen LogP contribution in [0.2, 0.25) is 0 Å². The molecule has 0 N–H and O–H groups in total. The number of hydrogen-bond acceptors (Lipinski definition) is 0. The van der Waals surface area contributed by atoms with Crippen LogP contribution in [-0.4, -0.2) is 7.25 Å². The fourth-order valence-electron chi connectivity index (χ4n) is 4.37. The first-order valence-electron chi connectivity index (χ1n) is 10.8. The van der Waals surface area contributed by atoms with Crippen molar-refractivity contribution in [1.82, 2.24) is 0 Å². The summed E-state index contributed by atoms with van der Waals surface area (Å²) in [7, 11) is -6.00. The van der Waals surface area contributed by atoms with Gasteiger partial charge in [-0.2, -0.15) is 0 Å². The Labute approximate surface area is 190 Å². The summed E-state index contributed by atoms with van der Waals surface area (Å²) in [4.78, 5) is 0. The molecule has 1 nitrogen and oxygen atoms in total. The topological polar surface area (TPSA) is 11.3 Å². The number of fused-ring (bicyclic) bond motifs is 3. The highest BCUT2D eigenvalue weighted by molar-refractivity contribution is 6.50. The Balaban J connectivity index is 0.000000471. The summed E-state index contributed by atoms with van der Waals surface area (Å²) >= 11 is 0. The molecule has 0 saturated heterocycles. The number of halogens is 4. The predicted molar refractivity (Wildman–Crippen MR) is 126 cm³/mol. The van der Waals surface area contributed by atoms with Crippen molar-refractivity contribution in [2.75, 3.05) is 0 Å². The summed E-state index contributed by atoms with van der Waals surface area (Å²) < 4.78 is 45.6. The summed E-state index contributed by atoms with van der Waals surface area (Å²) in [5.41, 5.74) is 10.3. The molecule has 0 bridgehead atoms. The minimum atomic E-state index is -6.00. The monoisotopic (exact) mass is 450 g/mol. The van der Waals surface area contributed by atoms with Crippen LogP contribution in [-0.2, 0) is 12.8 Å². The van der Waals surface area contributed by atoms with Crippen molar-refractivity contribution in [3.63, 3.8) is 0 Å². The molecule has 0 aliphatic heterocycles. The average molecular weight is 450 g/mol. The number of aryl methyl sites for hydroxylation is 2. The van der Waals surface area contributed by atoms with E-state index in [1.165, 1.54) is 38.9 Å². The van der Waals surface area contributed by atoms with Crippen LogP contribution < -0.4 is 0 Å². The van der Waals surface area contributed by atoms with E-state index in [-0.39, 0.29) is 0 Å². The third-order valence-electron chi connectivity index (χ3n) is 5.84. The quantitative estimate of drug-likeness (QED) is 0.169. The first-order chi connectivity index (χ1) is 15.7. The molecule has 0 amide bonds. The van der Waals surface area contributed by atoms with Crippen molar-refractivity contribution < 1.29 is 21.7 Å². The Kier molecular flexibility index (Phi) is 6.36. The molecule has 5 rings (SSSR count). The van der Waals surface area contributed by atoms with Gasteiger partial charge in [0.1, 0.15) is 0 Å². The first-order valence-corrected chi connectivity index (χ1v) is 10.8. The zero-order chi connectivity index (χ0) is 23.6. The SMILES string of the molecule is Cc1ccc(C)c2c1CCc1c(-c3ccccc3)cc(-c3ccccc3)[o+]c1-2.F[B-](F)(F)F. The first kappa shape index (κ1) is 22.8. The standard InChI is InChI=1S/C27H23O.BF4/c1-18-13-14-19(2)26-22(18)15-16-23-24(20-9-5-3-6-10-20)17-25(28-27(23)26)21-11-7-4-8-12-21;2-1(3,4)5/h3-14,17H,15-16H2,1-2H3;/q+1;-1. The minimum absolute atomic E-state index is 0.923. The van der Waals surface area contributed by atoms with E-state index in [0.717, 1.165) is 29.9 Å². The van der Waals surface area contributed by atoms with Crippen molar-refractivity contribution in [1.29, 1.82) is 0 Å². The van der Waals surface area contributed by atoms with E-state index in [9.17, 15) is 17.3 Å². The van der Waals surface area contributed by atoms with Crippen molar-refractivity contribution in [2.45, 2.75) is 26.7 Å². The van der Waals surface area contributed by atoms with Gasteiger partial charge in [-0.3, -0.25) is 0 Å². The van der Waals surface area contributed by atoms with Gasteiger partial charge in [0.25, 0.3) is 0 Å². The molecule has 33 heavy (non-hydrogen) atoms. The molecular formula is C27H23BF4O. The highest BCUT2D eigenvalue weighted by atomic mass is 19.5. The molecule has 0 unspecified atom stereocenters. The molecule has 4 aromatic rings. The largest absolute Gasteiger partial charge is 0.673 e. The third-order valence-corrected chi connectivity index (χ3v) is 5.84. The van der Waals surface area contributed by atoms with Crippen LogP contribution in [0.4, 0.5) is 17.3 Å². The lowest BCUT2D eigenvalue weighted by atomic mass is 9.82. The molecule has 1 heterocycles. The Morgan fingerprint density at radius 2 is 1.18 bits per heavy atom. The molecule has 3 aromatic carbocycles. The van der Waals surface area contributed by atoms with E-state index in [1.807, 2.05) is 6.07 Å². The Bertz CT molecular complexity index is 1260. The fourth-order valence-corrected chi connectivity index (χ4v) is 4.37. The lowest BCUT2D eigenvalue weighted by Crippen LogP contribution is -2.09. The summed E-state index contributed by atoms with van der Waals surface area (Å²) in [6.07, 6.45) is 2.07. The molecule has 0 fully saturated rings. The van der Waals surface area contributed by atoms with Crippen LogP contribution in [0.15, 0.2) is 83.3 Å². The summed E-state index contributed by atoms with van der Waals surface area (Å²) in [6, 6.07) is 27.8. The Hall–Kier alpha value is -3.41. The van der Waals surface area contributed by atoms with Crippen molar-refractivity contribution in [3.8, 4) is 33.8 Å². The van der Waals surface area contributed by atoms with Gasteiger partial charge in [0.2, 0.25) is 0 Å². The molecule has 0 radical (unpaired) electrons. The summed E-state index contributed by atoms with van der Waals surface area (Å²) in [5.74, 6) is 1.97. The number of rotatable bonds is 2. The van der Waals surface area contributed by atoms with E-state index in [1.54, 1.807) is 0 Å². The van der Waals surface area contributed by atoms with Gasteiger partial charge in [-0.1, -0.05) is 60.7 Å². The van der Waals surface area contributed by atoms with Crippen molar-refractivity contribution in [2.24, 2.45) is 0 Å². The lowest BCUT2D eigenvalue weighted by Gasteiger charge is -2.19. The highest BCUT2D eigenvalue weighted by Crippen LogP contribution is 2.44. The molecule has 168 valence electrons. The minimum Gasteiger partial charge on any atom is -0.418 e. The van der Waals surface area contributed by atoms with E-state index < -0.39 is 7.25 Å². The maximum atomic E-state index is 9.75. The highest BCUT2D eigenvalue weighted by Gasteiger charge is 2.33. The van der Waals surface area contributed by atoms with Gasteiger partial charge in [0.05, 0.1) is 22.8 Å². The summed E-state index contributed by atoms with van der Waals surface area (Å²) in [5, 5.41) is 0. The van der Waals surface area contributed by atoms with E-state index in [0.29, 0.717) is 0 Å². The van der Waals surface area contributed by atoms with Gasteiger partial charge < -0.3 is 17.3 Å². The summed E-state index contributed by atoms with van der Waals surface area (Å²) in [6.45, 7) is 4.41. The lowest BCUT2D eigenvalue weighted by molar-refractivity contribution is 0.368. The molecule has 0 atom stereocenters. The second-order valence-corrected chi connectivity index (χ2v) is 8.11. The van der Waals surface area contributed by atoms with Crippen LogP contribution >= 0.6 is 0 Å². The van der Waals surface area contributed by atoms with Gasteiger partial charge in [0.15, 0.2) is 0 Å². The zero-order valence-electron chi connectivity index (χ0n) is 18.4. The van der Waals surface area contributed by atoms with Crippen LogP contribution in [0.1, 0.15) is 22.3 Å². The van der Waals surface area contributed by atoms with Gasteiger partial charge >= 0.3 is 18.8 Å². The van der Waals surface area contributed by atoms with Crippen molar-refractivity contribution in [3.05, 3.63) is 101 Å². The van der Waals surface area contributed by atoms with Crippen LogP contribution in [0.5, 0.6) is 0 Å². The van der Waals surface area contributed by atoms with Gasteiger partial charge in [0, 0.05) is 5.56 Å². The molecule has 0 spiro atoms. The smallest absolute Gasteiger partial charge is 0.418 e. The van der Waals surface area contributed by atoms with Gasteiger partial charge in [-0.15, -0.1) is 0 Å². The van der Waals surface area contributed by atoms with Crippen LogP contribution in [0.3, 0.4) is 0 Å². The molecule has 1 aromatic heterocycles. The predicted octanol–water partition coefficient (Wildman–Crippen LogP) is 8.58. The van der Waals surface area contributed by atoms with Crippen LogP contribution in [0, 0.1) is 13.8 Å². The fraction of sp³-hybridized carbons (Fsp3) is 0.148. The molecule has 1 aliphatic rings. The van der Waals surface area contributed by atoms with Gasteiger partial charge in [-0.25, -0.2) is 4.42 Å². The van der Waals surface area contributed by atoms with Crippen LogP contribution in [0.25, 0.3) is 33.8 Å². The Morgan fingerprint density at radius 3 is 1.79 bits per heavy atom. The number of hydrogen-bond donors (Lipinski definition) is 0. The second-order valence-electron chi connectivity index (χ2n) is 8.11. The maximum absolute atomic E-state index is 9.75. The average Bonchev–Trinajstić information content (AvgIpc) is 2.80. The Morgan fingerprint density at radius 1 is 0.667 bits per heavy atom. The second kappa shape index (κ2) is 9.22. The molecule has 0 saturated carbocycles. The van der Waals surface area contributed by atoms with E-state index in [2.05, 4.69) is 86.6 Å². The molecule has 1 aliphatic carbocycles.